The molecule has 0 aliphatic carbocycles. The summed E-state index contributed by atoms with van der Waals surface area (Å²) in [6.07, 6.45) is 13.0. The number of ether oxygens (including phenoxy) is 4. The number of carbonyl (C=O) groups excluding carboxylic acids is 5. The molecule has 1 aromatic carbocycles. The number of nitrogens with one attached hydrogen (secondary N) is 4. The predicted octanol–water partition coefficient (Wildman–Crippen LogP) is 6.22. The number of phenolic OH excluding ortho intramolecular Hbond substituents is 1. The summed E-state index contributed by atoms with van der Waals surface area (Å²) in [5.41, 5.74) is 3.39. The van der Waals surface area contributed by atoms with E-state index in [-0.39, 0.29) is 60.6 Å². The number of aliphatic hydroxyl groups excluding tert-OH is 3. The topological polar surface area (TPSA) is 255 Å². The number of methoxy groups -OCH3 is 1. The molecule has 0 aromatic heterocycles. The smallest absolute Gasteiger partial charge is 0.325 e. The van der Waals surface area contributed by atoms with E-state index in [0.717, 1.165) is 12.0 Å². The fourth-order valence-electron chi connectivity index (χ4n) is 12.1. The largest absolute Gasteiger partial charge is 0.508 e. The van der Waals surface area contributed by atoms with Crippen LogP contribution in [0, 0.1) is 47.3 Å². The van der Waals surface area contributed by atoms with Crippen LogP contribution < -0.4 is 21.4 Å². The van der Waals surface area contributed by atoms with Crippen LogP contribution in [0.15, 0.2) is 72.4 Å². The van der Waals surface area contributed by atoms with Crippen LogP contribution in [0.4, 0.5) is 0 Å². The van der Waals surface area contributed by atoms with Gasteiger partial charge in [-0.1, -0.05) is 110 Å². The summed E-state index contributed by atoms with van der Waals surface area (Å²) in [4.78, 5) is 70.6. The van der Waals surface area contributed by atoms with Gasteiger partial charge in [0.1, 0.15) is 35.7 Å². The normalized spacial score (nSPS) is 36.6. The maximum atomic E-state index is 14.6. The molecule has 4 amide bonds. The molecule has 0 radical (unpaired) electrons. The van der Waals surface area contributed by atoms with E-state index in [2.05, 4.69) is 28.3 Å². The summed E-state index contributed by atoms with van der Waals surface area (Å²) in [7, 11) is 1.53. The van der Waals surface area contributed by atoms with Crippen molar-refractivity contribution in [1.82, 2.24) is 26.4 Å². The maximum absolute atomic E-state index is 14.6. The minimum Gasteiger partial charge on any atom is -0.508 e. The van der Waals surface area contributed by atoms with Gasteiger partial charge >= 0.3 is 5.97 Å². The van der Waals surface area contributed by atoms with Crippen LogP contribution in [0.25, 0.3) is 0 Å². The number of cyclic esters (lactones) is 1. The first-order valence-corrected chi connectivity index (χ1v) is 29.0. The third kappa shape index (κ3) is 15.7. The van der Waals surface area contributed by atoms with E-state index < -0.39 is 108 Å². The zero-order valence-electron chi connectivity index (χ0n) is 48.6. The van der Waals surface area contributed by atoms with E-state index in [1.807, 2.05) is 58.9 Å². The average Bonchev–Trinajstić information content (AvgIpc) is 3.55. The lowest BCUT2D eigenvalue weighted by Crippen LogP contribution is -2.71. The molecular formula is C61H93N5O13. The third-order valence-electron chi connectivity index (χ3n) is 17.8. The molecule has 1 spiro atoms. The number of hydrogen-bond acceptors (Lipinski definition) is 14. The zero-order valence-corrected chi connectivity index (χ0v) is 48.6. The van der Waals surface area contributed by atoms with Gasteiger partial charge in [0, 0.05) is 68.9 Å². The Morgan fingerprint density at radius 3 is 2.42 bits per heavy atom. The number of esters is 1. The van der Waals surface area contributed by atoms with Crippen molar-refractivity contribution >= 4 is 29.6 Å². The quantitative estimate of drug-likeness (QED) is 0.0807. The fourth-order valence-corrected chi connectivity index (χ4v) is 12.1. The molecule has 5 heterocycles. The number of aliphatic hydroxyl groups is 3. The molecule has 18 atom stereocenters. The van der Waals surface area contributed by atoms with Gasteiger partial charge in [0.15, 0.2) is 5.79 Å². The molecule has 4 saturated heterocycles. The minimum absolute atomic E-state index is 0.00586. The summed E-state index contributed by atoms with van der Waals surface area (Å²) < 4.78 is 25.2. The first-order valence-electron chi connectivity index (χ1n) is 29.0. The van der Waals surface area contributed by atoms with E-state index in [0.29, 0.717) is 56.9 Å². The van der Waals surface area contributed by atoms with E-state index in [9.17, 15) is 44.4 Å². The Balaban J connectivity index is 1.20. The predicted molar refractivity (Wildman–Crippen MR) is 299 cm³/mol. The van der Waals surface area contributed by atoms with Crippen LogP contribution in [0.5, 0.6) is 5.75 Å². The van der Waals surface area contributed by atoms with Gasteiger partial charge in [-0.05, 0) is 93.9 Å². The first-order chi connectivity index (χ1) is 37.4. The number of hydrazine groups is 1. The van der Waals surface area contributed by atoms with Crippen molar-refractivity contribution in [3.8, 4) is 5.75 Å². The van der Waals surface area contributed by atoms with Crippen LogP contribution in [0.1, 0.15) is 139 Å². The summed E-state index contributed by atoms with van der Waals surface area (Å²) in [5.74, 6) is -5.81. The number of piperidine rings is 1. The van der Waals surface area contributed by atoms with Crippen molar-refractivity contribution < 1.29 is 63.3 Å². The number of carbonyl (C=O) groups is 5. The number of amides is 4. The molecule has 1 aromatic rings. The Hall–Kier alpha value is -4.95. The van der Waals surface area contributed by atoms with E-state index in [1.165, 1.54) is 24.3 Å². The highest BCUT2D eigenvalue weighted by molar-refractivity contribution is 5.93. The molecule has 6 rings (SSSR count). The van der Waals surface area contributed by atoms with Crippen molar-refractivity contribution in [1.29, 1.82) is 0 Å². The summed E-state index contributed by atoms with van der Waals surface area (Å²) in [6, 6.07) is 3.25. The Labute approximate surface area is 468 Å². The third-order valence-corrected chi connectivity index (χ3v) is 17.8. The van der Waals surface area contributed by atoms with Crippen LogP contribution >= 0.6 is 0 Å². The molecule has 440 valence electrons. The van der Waals surface area contributed by atoms with Crippen molar-refractivity contribution in [3.63, 3.8) is 0 Å². The molecule has 79 heavy (non-hydrogen) atoms. The Morgan fingerprint density at radius 2 is 1.72 bits per heavy atom. The number of hydrogen-bond donors (Lipinski definition) is 8. The highest BCUT2D eigenvalue weighted by Crippen LogP contribution is 2.46. The highest BCUT2D eigenvalue weighted by Gasteiger charge is 2.57. The van der Waals surface area contributed by atoms with Gasteiger partial charge in [0.25, 0.3) is 5.91 Å². The molecule has 8 N–H and O–H groups in total. The summed E-state index contributed by atoms with van der Waals surface area (Å²) in [5, 5.41) is 55.2. The Kier molecular flexibility index (Phi) is 22.5. The van der Waals surface area contributed by atoms with Crippen molar-refractivity contribution in [2.45, 2.75) is 206 Å². The number of benzene rings is 1. The van der Waals surface area contributed by atoms with Crippen molar-refractivity contribution in [2.24, 2.45) is 47.3 Å². The second kappa shape index (κ2) is 28.2. The number of nitrogens with zero attached hydrogens (tertiary/aromatic N) is 1. The van der Waals surface area contributed by atoms with Gasteiger partial charge in [0.05, 0.1) is 36.4 Å². The number of rotatable bonds is 13. The molecule has 18 unspecified atom stereocenters. The Bertz CT molecular complexity index is 2380. The average molecular weight is 1100 g/mol. The van der Waals surface area contributed by atoms with Crippen molar-refractivity contribution in [3.05, 3.63) is 77.9 Å². The number of aromatic hydroxyl groups is 1. The molecule has 5 aliphatic rings. The second-order valence-electron chi connectivity index (χ2n) is 23.9. The van der Waals surface area contributed by atoms with Gasteiger partial charge in [-0.25, -0.2) is 5.43 Å². The second-order valence-corrected chi connectivity index (χ2v) is 23.9. The van der Waals surface area contributed by atoms with E-state index >= 15 is 0 Å². The van der Waals surface area contributed by atoms with Crippen LogP contribution in [-0.4, -0.2) is 135 Å². The maximum Gasteiger partial charge on any atom is 0.325 e. The minimum atomic E-state index is -1.17. The first kappa shape index (κ1) is 63.2. The monoisotopic (exact) mass is 1100 g/mol. The lowest BCUT2D eigenvalue weighted by molar-refractivity contribution is -0.280. The summed E-state index contributed by atoms with van der Waals surface area (Å²) >= 11 is 0. The van der Waals surface area contributed by atoms with Gasteiger partial charge in [-0.15, -0.1) is 0 Å². The molecule has 2 bridgehead atoms. The Morgan fingerprint density at radius 1 is 0.975 bits per heavy atom. The van der Waals surface area contributed by atoms with E-state index in [1.54, 1.807) is 58.1 Å². The highest BCUT2D eigenvalue weighted by atomic mass is 16.7. The lowest BCUT2D eigenvalue weighted by atomic mass is 9.69. The molecule has 4 fully saturated rings. The SMILES string of the molecule is CCC1CC(C)C2(NC1=O)OC(CC(O)C(C)CCC=CC=C(C)C1CC=CC=CC(O)C(C)C3OC(C)(OC)CCC3C(=O)NC(C(C)C)C(=O)NC(Cc3cccc(O)c3)C(=O)N3CCCC(N3)C(=O)O1)C(C)C(O)C2C. The fraction of sp³-hybridized carbons (Fsp3) is 0.689. The van der Waals surface area contributed by atoms with Crippen LogP contribution in [0.3, 0.4) is 0 Å². The summed E-state index contributed by atoms with van der Waals surface area (Å²) in [6.45, 7) is 19.2. The number of phenols is 1. The number of fused-ring (bicyclic) bond motifs is 3. The number of allylic oxidation sites excluding steroid dienone is 5. The lowest BCUT2D eigenvalue weighted by Gasteiger charge is -2.56. The van der Waals surface area contributed by atoms with Crippen molar-refractivity contribution in [2.75, 3.05) is 13.7 Å². The van der Waals surface area contributed by atoms with Crippen LogP contribution in [0.2, 0.25) is 0 Å². The molecule has 0 saturated carbocycles. The molecule has 18 nitrogen and oxygen atoms in total. The van der Waals surface area contributed by atoms with Gasteiger partial charge in [0.2, 0.25) is 17.7 Å². The van der Waals surface area contributed by atoms with Gasteiger partial charge < -0.3 is 55.3 Å². The van der Waals surface area contributed by atoms with Crippen LogP contribution in [-0.2, 0) is 49.3 Å². The molecular weight excluding hydrogens is 1010 g/mol. The van der Waals surface area contributed by atoms with E-state index in [4.69, 9.17) is 18.9 Å². The standard InChI is InChI=1S/C61H93N5O13/c1-12-43-31-38(6)61(64-55(43)71)41(9)53(70)40(8)51(78-61)34-49(69)36(4)21-15-13-16-22-37(5)50-27-18-14-17-26-48(68)39(7)54-45(28-29-60(10,76-11)79-54)56(72)63-52(35(2)3)57(73)62-47(33-42-23-19-24-44(67)32-42)58(74)66-30-20-25-46(65-66)59(75)77-50/h13-14,16-19,22-24,26,32,35-36,38-41,43,45-54,65,67-70H,12,15,20-21,25,27-31,33-34H2,1-11H3,(H,62,73)(H,63,72)(H,64,71). The van der Waals surface area contributed by atoms with Gasteiger partial charge in [-0.2, -0.15) is 0 Å². The molecule has 18 heteroatoms. The van der Waals surface area contributed by atoms with Gasteiger partial charge in [-0.3, -0.25) is 29.0 Å². The molecule has 5 aliphatic heterocycles. The zero-order chi connectivity index (χ0) is 57.9.